The molecule has 0 radical (unpaired) electrons. The van der Waals surface area contributed by atoms with E-state index >= 15 is 0 Å². The average Bonchev–Trinajstić information content (AvgIpc) is 3.81. The fourth-order valence-corrected chi connectivity index (χ4v) is 7.89. The third-order valence-electron chi connectivity index (χ3n) is 9.88. The molecule has 0 saturated carbocycles. The van der Waals surface area contributed by atoms with Crippen LogP contribution in [0.2, 0.25) is 0 Å². The first-order valence-corrected chi connectivity index (χ1v) is 15.9. The summed E-state index contributed by atoms with van der Waals surface area (Å²) in [5, 5.41) is 11.4. The Morgan fingerprint density at radius 3 is 1.53 bits per heavy atom. The van der Waals surface area contributed by atoms with Crippen LogP contribution in [0.15, 0.2) is 159 Å². The molecule has 0 N–H and O–H groups in total. The number of furan rings is 3. The summed E-state index contributed by atoms with van der Waals surface area (Å²) in [5.74, 6) is 0. The third kappa shape index (κ3) is 3.35. The van der Waals surface area contributed by atoms with E-state index in [9.17, 15) is 0 Å². The van der Waals surface area contributed by atoms with Crippen molar-refractivity contribution in [2.45, 2.75) is 0 Å². The Kier molecular flexibility index (Phi) is 4.84. The number of fused-ring (bicyclic) bond motifs is 12. The molecule has 0 unspecified atom stereocenters. The van der Waals surface area contributed by atoms with E-state index in [1.54, 1.807) is 0 Å². The molecule has 0 bridgehead atoms. The van der Waals surface area contributed by atoms with Crippen molar-refractivity contribution in [1.82, 2.24) is 0 Å². The van der Waals surface area contributed by atoms with Gasteiger partial charge in [-0.25, -0.2) is 0 Å². The zero-order valence-corrected chi connectivity index (χ0v) is 25.1. The van der Waals surface area contributed by atoms with Crippen molar-refractivity contribution in [2.75, 3.05) is 0 Å². The van der Waals surface area contributed by atoms with Gasteiger partial charge in [0.15, 0.2) is 11.2 Å². The SMILES string of the molecule is c1ccc2c(c1)oc1ccc(-c3c4ccccc4c(-c4cccc5oc6c(ccc7c8ccccc8oc76)c45)c4ccccc34)cc12. The van der Waals surface area contributed by atoms with Crippen molar-refractivity contribution in [3.63, 3.8) is 0 Å². The molecule has 8 aromatic carbocycles. The van der Waals surface area contributed by atoms with E-state index in [0.717, 1.165) is 71.4 Å². The van der Waals surface area contributed by atoms with Gasteiger partial charge in [-0.05, 0) is 86.3 Å². The van der Waals surface area contributed by atoms with Crippen molar-refractivity contribution in [3.8, 4) is 22.3 Å². The lowest BCUT2D eigenvalue weighted by Crippen LogP contribution is -1.91. The maximum absolute atomic E-state index is 6.64. The maximum Gasteiger partial charge on any atom is 0.178 e. The van der Waals surface area contributed by atoms with Gasteiger partial charge in [-0.2, -0.15) is 0 Å². The molecule has 0 spiro atoms. The molecule has 3 aromatic heterocycles. The van der Waals surface area contributed by atoms with Crippen LogP contribution in [0.25, 0.3) is 110 Å². The van der Waals surface area contributed by atoms with Gasteiger partial charge in [0, 0.05) is 32.3 Å². The highest BCUT2D eigenvalue weighted by atomic mass is 16.4. The zero-order chi connectivity index (χ0) is 30.6. The molecule has 0 aliphatic rings. The predicted octanol–water partition coefficient (Wildman–Crippen LogP) is 13.0. The molecule has 11 rings (SSSR count). The summed E-state index contributed by atoms with van der Waals surface area (Å²) in [6.45, 7) is 0. The highest BCUT2D eigenvalue weighted by Gasteiger charge is 2.22. The highest BCUT2D eigenvalue weighted by Crippen LogP contribution is 2.48. The Bertz CT molecular complexity index is 3020. The lowest BCUT2D eigenvalue weighted by atomic mass is 9.84. The molecule has 47 heavy (non-hydrogen) atoms. The Morgan fingerprint density at radius 2 is 0.809 bits per heavy atom. The smallest absolute Gasteiger partial charge is 0.178 e. The van der Waals surface area contributed by atoms with Gasteiger partial charge in [0.1, 0.15) is 22.3 Å². The average molecular weight is 601 g/mol. The standard InChI is InChI=1S/C44H24O3/c1-3-14-30-28(12-1)40(25-20-23-38-35(24-25)27-11-6-7-17-36(27)45-38)29-13-2-4-15-31(29)41(30)33-16-9-19-39-42(33)34-22-21-32-26-10-5-8-18-37(26)46-43(32)44(34)47-39/h1-24H. The van der Waals surface area contributed by atoms with Crippen LogP contribution in [-0.2, 0) is 0 Å². The van der Waals surface area contributed by atoms with Crippen LogP contribution in [0, 0.1) is 0 Å². The quantitative estimate of drug-likeness (QED) is 0.185. The van der Waals surface area contributed by atoms with Gasteiger partial charge in [0.05, 0.1) is 0 Å². The molecule has 0 amide bonds. The predicted molar refractivity (Wildman–Crippen MR) is 194 cm³/mol. The van der Waals surface area contributed by atoms with E-state index < -0.39 is 0 Å². The van der Waals surface area contributed by atoms with E-state index in [0.29, 0.717) is 0 Å². The van der Waals surface area contributed by atoms with Crippen molar-refractivity contribution >= 4 is 87.4 Å². The Morgan fingerprint density at radius 1 is 0.298 bits per heavy atom. The molecule has 0 fully saturated rings. The molecule has 3 heteroatoms. The number of para-hydroxylation sites is 2. The van der Waals surface area contributed by atoms with Crippen LogP contribution >= 0.6 is 0 Å². The fourth-order valence-electron chi connectivity index (χ4n) is 7.89. The Balaban J connectivity index is 1.25. The lowest BCUT2D eigenvalue weighted by Gasteiger charge is -2.18. The first kappa shape index (κ1) is 24.9. The number of benzene rings is 8. The van der Waals surface area contributed by atoms with E-state index in [1.165, 1.54) is 38.2 Å². The fraction of sp³-hybridized carbons (Fsp3) is 0. The molecule has 0 aliphatic carbocycles. The summed E-state index contributed by atoms with van der Waals surface area (Å²) in [5.41, 5.74) is 9.83. The Hall–Kier alpha value is -6.32. The minimum Gasteiger partial charge on any atom is -0.456 e. The van der Waals surface area contributed by atoms with Gasteiger partial charge in [0.25, 0.3) is 0 Å². The first-order valence-electron chi connectivity index (χ1n) is 15.9. The maximum atomic E-state index is 6.64. The minimum atomic E-state index is 0.784. The Labute approximate surface area is 267 Å². The van der Waals surface area contributed by atoms with Crippen molar-refractivity contribution < 1.29 is 13.3 Å². The summed E-state index contributed by atoms with van der Waals surface area (Å²) >= 11 is 0. The van der Waals surface area contributed by atoms with Crippen LogP contribution in [-0.4, -0.2) is 0 Å². The molecule has 218 valence electrons. The molecule has 3 nitrogen and oxygen atoms in total. The third-order valence-corrected chi connectivity index (χ3v) is 9.88. The molecular formula is C44H24O3. The monoisotopic (exact) mass is 600 g/mol. The van der Waals surface area contributed by atoms with Gasteiger partial charge in [-0.15, -0.1) is 0 Å². The highest BCUT2D eigenvalue weighted by molar-refractivity contribution is 6.27. The van der Waals surface area contributed by atoms with Gasteiger partial charge in [-0.1, -0.05) is 103 Å². The topological polar surface area (TPSA) is 39.4 Å². The van der Waals surface area contributed by atoms with E-state index in [2.05, 4.69) is 115 Å². The van der Waals surface area contributed by atoms with Crippen LogP contribution in [0.1, 0.15) is 0 Å². The summed E-state index contributed by atoms with van der Waals surface area (Å²) in [4.78, 5) is 0. The molecule has 11 aromatic rings. The molecule has 3 heterocycles. The second-order valence-corrected chi connectivity index (χ2v) is 12.3. The van der Waals surface area contributed by atoms with Crippen LogP contribution in [0.4, 0.5) is 0 Å². The molecular weight excluding hydrogens is 576 g/mol. The van der Waals surface area contributed by atoms with E-state index in [-0.39, 0.29) is 0 Å². The second-order valence-electron chi connectivity index (χ2n) is 12.3. The molecule has 0 saturated heterocycles. The minimum absolute atomic E-state index is 0.784. The molecule has 0 atom stereocenters. The largest absolute Gasteiger partial charge is 0.456 e. The normalized spacial score (nSPS) is 12.3. The van der Waals surface area contributed by atoms with Crippen LogP contribution in [0.3, 0.4) is 0 Å². The van der Waals surface area contributed by atoms with Crippen molar-refractivity contribution in [1.29, 1.82) is 0 Å². The van der Waals surface area contributed by atoms with Crippen molar-refractivity contribution in [3.05, 3.63) is 146 Å². The number of rotatable bonds is 2. The van der Waals surface area contributed by atoms with Crippen molar-refractivity contribution in [2.24, 2.45) is 0 Å². The summed E-state index contributed by atoms with van der Waals surface area (Å²) < 4.78 is 19.2. The molecule has 0 aliphatic heterocycles. The van der Waals surface area contributed by atoms with Gasteiger partial charge >= 0.3 is 0 Å². The van der Waals surface area contributed by atoms with Gasteiger partial charge < -0.3 is 13.3 Å². The van der Waals surface area contributed by atoms with Crippen LogP contribution in [0.5, 0.6) is 0 Å². The summed E-state index contributed by atoms with van der Waals surface area (Å²) in [6.07, 6.45) is 0. The number of hydrogen-bond donors (Lipinski definition) is 0. The van der Waals surface area contributed by atoms with Gasteiger partial charge in [-0.3, -0.25) is 0 Å². The van der Waals surface area contributed by atoms with Crippen LogP contribution < -0.4 is 0 Å². The summed E-state index contributed by atoms with van der Waals surface area (Å²) in [7, 11) is 0. The summed E-state index contributed by atoms with van der Waals surface area (Å²) in [6, 6.07) is 51.4. The number of hydrogen-bond acceptors (Lipinski definition) is 3. The first-order chi connectivity index (χ1) is 23.3. The lowest BCUT2D eigenvalue weighted by molar-refractivity contribution is 0.633. The van der Waals surface area contributed by atoms with Gasteiger partial charge in [0.2, 0.25) is 0 Å². The second kappa shape index (κ2) is 9.12. The van der Waals surface area contributed by atoms with E-state index in [1.807, 2.05) is 30.3 Å². The van der Waals surface area contributed by atoms with E-state index in [4.69, 9.17) is 13.3 Å². The zero-order valence-electron chi connectivity index (χ0n) is 25.1.